The molecule has 0 saturated heterocycles. The van der Waals surface area contributed by atoms with Gasteiger partial charge in [0.05, 0.1) is 12.8 Å². The molecule has 1 N–H and O–H groups in total. The van der Waals surface area contributed by atoms with Crippen LogP contribution in [0.1, 0.15) is 21.1 Å². The zero-order valence-corrected chi connectivity index (χ0v) is 11.0. The van der Waals surface area contributed by atoms with E-state index >= 15 is 0 Å². The first-order chi connectivity index (χ1) is 8.60. The molecular formula is C11H12N4O2S. The van der Waals surface area contributed by atoms with Gasteiger partial charge in [0, 0.05) is 10.9 Å². The van der Waals surface area contributed by atoms with Crippen molar-refractivity contribution < 1.29 is 9.53 Å². The molecule has 7 heteroatoms. The first kappa shape index (κ1) is 12.4. The van der Waals surface area contributed by atoms with Crippen LogP contribution in [0.25, 0.3) is 0 Å². The van der Waals surface area contributed by atoms with Crippen molar-refractivity contribution >= 4 is 22.4 Å². The Balaban J connectivity index is 2.11. The first-order valence-electron chi connectivity index (χ1n) is 5.23. The molecule has 0 aliphatic rings. The highest BCUT2D eigenvalue weighted by atomic mass is 32.1. The lowest BCUT2D eigenvalue weighted by molar-refractivity contribution is 0.102. The SMILES string of the molecule is COc1ccc(C(=O)Nc2nc(C)c(C)s2)nn1. The number of aromatic nitrogens is 3. The number of thiazole rings is 1. The van der Waals surface area contributed by atoms with Crippen molar-refractivity contribution in [2.75, 3.05) is 12.4 Å². The number of anilines is 1. The van der Waals surface area contributed by atoms with Crippen molar-refractivity contribution in [3.05, 3.63) is 28.4 Å². The van der Waals surface area contributed by atoms with Crippen LogP contribution in [0.15, 0.2) is 12.1 Å². The molecule has 0 bridgehead atoms. The second-order valence-electron chi connectivity index (χ2n) is 3.58. The zero-order valence-electron chi connectivity index (χ0n) is 10.2. The highest BCUT2D eigenvalue weighted by Gasteiger charge is 2.11. The fourth-order valence-electron chi connectivity index (χ4n) is 1.24. The fourth-order valence-corrected chi connectivity index (χ4v) is 2.05. The number of nitrogens with zero attached hydrogens (tertiary/aromatic N) is 3. The molecule has 0 aromatic carbocycles. The number of amides is 1. The van der Waals surface area contributed by atoms with Crippen LogP contribution in [-0.2, 0) is 0 Å². The molecule has 0 saturated carbocycles. The highest BCUT2D eigenvalue weighted by Crippen LogP contribution is 2.21. The average molecular weight is 264 g/mol. The Labute approximate surface area is 108 Å². The Hall–Kier alpha value is -2.02. The van der Waals surface area contributed by atoms with Crippen LogP contribution in [0.5, 0.6) is 5.88 Å². The number of carbonyl (C=O) groups is 1. The van der Waals surface area contributed by atoms with Gasteiger partial charge in [-0.2, -0.15) is 0 Å². The third-order valence-corrected chi connectivity index (χ3v) is 3.32. The Morgan fingerprint density at radius 3 is 2.61 bits per heavy atom. The topological polar surface area (TPSA) is 77.0 Å². The predicted molar refractivity (Wildman–Crippen MR) is 68.1 cm³/mol. The smallest absolute Gasteiger partial charge is 0.277 e. The van der Waals surface area contributed by atoms with Gasteiger partial charge in [-0.1, -0.05) is 0 Å². The van der Waals surface area contributed by atoms with Gasteiger partial charge in [0.1, 0.15) is 0 Å². The van der Waals surface area contributed by atoms with Gasteiger partial charge in [-0.05, 0) is 19.9 Å². The van der Waals surface area contributed by atoms with Crippen molar-refractivity contribution in [2.45, 2.75) is 13.8 Å². The normalized spacial score (nSPS) is 10.2. The maximum absolute atomic E-state index is 11.8. The quantitative estimate of drug-likeness (QED) is 0.914. The predicted octanol–water partition coefficient (Wildman–Crippen LogP) is 1.81. The molecule has 6 nitrogen and oxygen atoms in total. The van der Waals surface area contributed by atoms with Gasteiger partial charge in [-0.15, -0.1) is 21.5 Å². The van der Waals surface area contributed by atoms with E-state index in [2.05, 4.69) is 20.5 Å². The summed E-state index contributed by atoms with van der Waals surface area (Å²) in [4.78, 5) is 17.1. The van der Waals surface area contributed by atoms with E-state index in [1.165, 1.54) is 18.4 Å². The molecule has 2 heterocycles. The van der Waals surface area contributed by atoms with Crippen molar-refractivity contribution in [1.29, 1.82) is 0 Å². The maximum Gasteiger partial charge on any atom is 0.277 e. The molecule has 0 spiro atoms. The minimum atomic E-state index is -0.334. The molecule has 2 rings (SSSR count). The number of methoxy groups -OCH3 is 1. The second-order valence-corrected chi connectivity index (χ2v) is 4.78. The Morgan fingerprint density at radius 2 is 2.11 bits per heavy atom. The third-order valence-electron chi connectivity index (χ3n) is 2.33. The lowest BCUT2D eigenvalue weighted by Gasteiger charge is -2.01. The van der Waals surface area contributed by atoms with Crippen molar-refractivity contribution in [2.24, 2.45) is 0 Å². The van der Waals surface area contributed by atoms with Crippen molar-refractivity contribution in [3.8, 4) is 5.88 Å². The lowest BCUT2D eigenvalue weighted by Crippen LogP contribution is -2.14. The molecule has 2 aromatic heterocycles. The van der Waals surface area contributed by atoms with Gasteiger partial charge in [0.15, 0.2) is 10.8 Å². The third kappa shape index (κ3) is 2.62. The molecule has 0 atom stereocenters. The maximum atomic E-state index is 11.8. The van der Waals surface area contributed by atoms with Crippen LogP contribution >= 0.6 is 11.3 Å². The van der Waals surface area contributed by atoms with Gasteiger partial charge in [0.25, 0.3) is 5.91 Å². The summed E-state index contributed by atoms with van der Waals surface area (Å²) in [6.07, 6.45) is 0. The second kappa shape index (κ2) is 5.09. The molecule has 94 valence electrons. The van der Waals surface area contributed by atoms with Crippen LogP contribution in [0, 0.1) is 13.8 Å². The van der Waals surface area contributed by atoms with Crippen LogP contribution < -0.4 is 10.1 Å². The van der Waals surface area contributed by atoms with E-state index in [0.717, 1.165) is 10.6 Å². The Bertz CT molecular complexity index is 545. The number of hydrogen-bond acceptors (Lipinski definition) is 6. The molecular weight excluding hydrogens is 252 g/mol. The summed E-state index contributed by atoms with van der Waals surface area (Å²) in [5.74, 6) is 0.0337. The van der Waals surface area contributed by atoms with Crippen molar-refractivity contribution in [3.63, 3.8) is 0 Å². The van der Waals surface area contributed by atoms with Crippen LogP contribution in [0.2, 0.25) is 0 Å². The van der Waals surface area contributed by atoms with E-state index < -0.39 is 0 Å². The zero-order chi connectivity index (χ0) is 13.1. The number of carbonyl (C=O) groups excluding carboxylic acids is 1. The summed E-state index contributed by atoms with van der Waals surface area (Å²) < 4.78 is 4.87. The number of rotatable bonds is 3. The summed E-state index contributed by atoms with van der Waals surface area (Å²) in [5.41, 5.74) is 1.14. The van der Waals surface area contributed by atoms with E-state index in [9.17, 15) is 4.79 Å². The van der Waals surface area contributed by atoms with Crippen LogP contribution in [0.3, 0.4) is 0 Å². The van der Waals surface area contributed by atoms with E-state index in [1.807, 2.05) is 13.8 Å². The highest BCUT2D eigenvalue weighted by molar-refractivity contribution is 7.15. The van der Waals surface area contributed by atoms with Crippen LogP contribution in [-0.4, -0.2) is 28.2 Å². The van der Waals surface area contributed by atoms with E-state index in [0.29, 0.717) is 11.0 Å². The van der Waals surface area contributed by atoms with E-state index in [-0.39, 0.29) is 11.6 Å². The minimum Gasteiger partial charge on any atom is -0.480 e. The van der Waals surface area contributed by atoms with Gasteiger partial charge in [-0.3, -0.25) is 10.1 Å². The molecule has 0 unspecified atom stereocenters. The van der Waals surface area contributed by atoms with Crippen molar-refractivity contribution in [1.82, 2.24) is 15.2 Å². The Kier molecular flexibility index (Phi) is 3.52. The Morgan fingerprint density at radius 1 is 1.33 bits per heavy atom. The number of hydrogen-bond donors (Lipinski definition) is 1. The monoisotopic (exact) mass is 264 g/mol. The summed E-state index contributed by atoms with van der Waals surface area (Å²) in [6.45, 7) is 3.85. The molecule has 18 heavy (non-hydrogen) atoms. The lowest BCUT2D eigenvalue weighted by atomic mass is 10.4. The fraction of sp³-hybridized carbons (Fsp3) is 0.273. The van der Waals surface area contributed by atoms with Crippen LogP contribution in [0.4, 0.5) is 5.13 Å². The first-order valence-corrected chi connectivity index (χ1v) is 6.05. The summed E-state index contributed by atoms with van der Waals surface area (Å²) in [5, 5.41) is 10.7. The number of nitrogens with one attached hydrogen (secondary N) is 1. The number of aryl methyl sites for hydroxylation is 2. The molecule has 0 aliphatic heterocycles. The largest absolute Gasteiger partial charge is 0.480 e. The molecule has 2 aromatic rings. The molecule has 0 fully saturated rings. The number of ether oxygens (including phenoxy) is 1. The summed E-state index contributed by atoms with van der Waals surface area (Å²) in [7, 11) is 1.49. The van der Waals surface area contributed by atoms with Gasteiger partial charge in [0.2, 0.25) is 5.88 Å². The van der Waals surface area contributed by atoms with Gasteiger partial charge < -0.3 is 4.74 Å². The average Bonchev–Trinajstić information content (AvgIpc) is 2.68. The van der Waals surface area contributed by atoms with E-state index in [4.69, 9.17) is 4.74 Å². The van der Waals surface area contributed by atoms with E-state index in [1.54, 1.807) is 12.1 Å². The molecule has 0 aliphatic carbocycles. The summed E-state index contributed by atoms with van der Waals surface area (Å²) in [6, 6.07) is 3.13. The minimum absolute atomic E-state index is 0.223. The van der Waals surface area contributed by atoms with Gasteiger partial charge in [-0.25, -0.2) is 4.98 Å². The summed E-state index contributed by atoms with van der Waals surface area (Å²) >= 11 is 1.43. The molecule has 0 radical (unpaired) electrons. The molecule has 1 amide bonds. The standard InChI is InChI=1S/C11H12N4O2S/c1-6-7(2)18-11(12-6)13-10(16)8-4-5-9(17-3)15-14-8/h4-5H,1-3H3,(H,12,13,16). The van der Waals surface area contributed by atoms with Gasteiger partial charge >= 0.3 is 0 Å².